The molecule has 1 aliphatic rings. The average molecular weight is 526 g/mol. The number of allylic oxidation sites excluding steroid dienone is 1. The first-order valence-corrected chi connectivity index (χ1v) is 12.7. The zero-order chi connectivity index (χ0) is 26.5. The van der Waals surface area contributed by atoms with Gasteiger partial charge in [-0.2, -0.15) is 23.0 Å². The lowest BCUT2D eigenvalue weighted by Crippen LogP contribution is -2.49. The molecule has 14 heteroatoms. The maximum Gasteiger partial charge on any atom is 0.416 e. The Bertz CT molecular complexity index is 1280. The number of rotatable bonds is 7. The summed E-state index contributed by atoms with van der Waals surface area (Å²) in [6.07, 6.45) is 1.67. The summed E-state index contributed by atoms with van der Waals surface area (Å²) in [6.45, 7) is 6.28. The van der Waals surface area contributed by atoms with Crippen LogP contribution in [-0.2, 0) is 22.7 Å². The Morgan fingerprint density at radius 2 is 1.94 bits per heavy atom. The third-order valence-electron chi connectivity index (χ3n) is 5.38. The molecule has 1 N–H and O–H groups in total. The van der Waals surface area contributed by atoms with Gasteiger partial charge in [0.2, 0.25) is 10.0 Å². The first kappa shape index (κ1) is 27.1. The lowest BCUT2D eigenvalue weighted by atomic mass is 10.0. The normalized spacial score (nSPS) is 15.9. The molecular formula is C22H26F3N7O3S. The van der Waals surface area contributed by atoms with Crippen molar-refractivity contribution in [3.63, 3.8) is 0 Å². The molecule has 1 aromatic carbocycles. The predicted octanol–water partition coefficient (Wildman–Crippen LogP) is 3.15. The van der Waals surface area contributed by atoms with Crippen molar-refractivity contribution in [3.05, 3.63) is 53.4 Å². The molecule has 1 fully saturated rings. The Morgan fingerprint density at radius 3 is 2.53 bits per heavy atom. The van der Waals surface area contributed by atoms with E-state index in [1.807, 2.05) is 4.90 Å². The number of amides is 1. The molecule has 0 bridgehead atoms. The van der Waals surface area contributed by atoms with Crippen LogP contribution in [0, 0.1) is 0 Å². The molecule has 1 aliphatic heterocycles. The van der Waals surface area contributed by atoms with Crippen LogP contribution >= 0.6 is 0 Å². The van der Waals surface area contributed by atoms with E-state index in [0.717, 1.165) is 17.0 Å². The highest BCUT2D eigenvalue weighted by Gasteiger charge is 2.34. The van der Waals surface area contributed by atoms with Crippen LogP contribution in [0.1, 0.15) is 23.6 Å². The number of benzene rings is 1. The highest BCUT2D eigenvalue weighted by atomic mass is 32.2. The zero-order valence-corrected chi connectivity index (χ0v) is 20.6. The second-order valence-electron chi connectivity index (χ2n) is 8.06. The predicted molar refractivity (Wildman–Crippen MR) is 131 cm³/mol. The van der Waals surface area contributed by atoms with Crippen LogP contribution in [0.2, 0.25) is 0 Å². The fraction of sp³-hybridized carbons (Fsp3) is 0.364. The molecule has 2 aromatic rings. The van der Waals surface area contributed by atoms with Crippen LogP contribution in [0.25, 0.3) is 5.70 Å². The van der Waals surface area contributed by atoms with E-state index in [1.54, 1.807) is 19.1 Å². The van der Waals surface area contributed by atoms with Crippen molar-refractivity contribution in [3.8, 4) is 0 Å². The molecule has 0 unspecified atom stereocenters. The topological polar surface area (TPSA) is 112 Å². The van der Waals surface area contributed by atoms with Crippen molar-refractivity contribution in [2.45, 2.75) is 19.6 Å². The highest BCUT2D eigenvalue weighted by Crippen LogP contribution is 2.35. The summed E-state index contributed by atoms with van der Waals surface area (Å²) in [7, 11) is -3.51. The third kappa shape index (κ3) is 7.01. The summed E-state index contributed by atoms with van der Waals surface area (Å²) < 4.78 is 67.5. The Hall–Kier alpha value is -3.52. The molecule has 0 radical (unpaired) electrons. The van der Waals surface area contributed by atoms with E-state index in [4.69, 9.17) is 0 Å². The first-order chi connectivity index (χ1) is 16.9. The number of sulfonamides is 1. The SMILES string of the molecule is C=NC=N/C(=C\C)c1ccc(CN2CCN(C(=O)n3cc(NS(C)(=O)=O)cn3)CC2)c(C(F)(F)F)c1. The second kappa shape index (κ2) is 11.0. The van der Waals surface area contributed by atoms with E-state index in [0.29, 0.717) is 24.4 Å². The molecule has 1 aromatic heterocycles. The number of alkyl halides is 3. The van der Waals surface area contributed by atoms with E-state index >= 15 is 0 Å². The molecular weight excluding hydrogens is 499 g/mol. The molecule has 3 rings (SSSR count). The number of nitrogens with zero attached hydrogens (tertiary/aromatic N) is 6. The largest absolute Gasteiger partial charge is 0.416 e. The average Bonchev–Trinajstić information content (AvgIpc) is 3.26. The van der Waals surface area contributed by atoms with Crippen LogP contribution in [0.4, 0.5) is 23.7 Å². The number of aromatic nitrogens is 2. The molecule has 2 heterocycles. The maximum absolute atomic E-state index is 13.9. The minimum Gasteiger partial charge on any atom is -0.320 e. The monoisotopic (exact) mass is 525 g/mol. The standard InChI is InChI=1S/C22H26F3N7O3S/c1-4-20(27-15-26-2)16-5-6-17(19(11-16)22(23,24)25)13-30-7-9-31(10-8-30)21(33)32-14-18(12-28-32)29-36(3,34)35/h4-6,11-12,14-15,29H,2,7-10,13H2,1,3H3/b20-4-,27-15?. The van der Waals surface area contributed by atoms with Gasteiger partial charge >= 0.3 is 12.2 Å². The second-order valence-corrected chi connectivity index (χ2v) is 9.81. The van der Waals surface area contributed by atoms with Gasteiger partial charge in [-0.05, 0) is 25.3 Å². The van der Waals surface area contributed by atoms with Gasteiger partial charge in [-0.1, -0.05) is 18.2 Å². The van der Waals surface area contributed by atoms with Crippen molar-refractivity contribution in [1.82, 2.24) is 19.6 Å². The van der Waals surface area contributed by atoms with Gasteiger partial charge < -0.3 is 4.90 Å². The Balaban J connectivity index is 1.68. The number of piperazine rings is 1. The van der Waals surface area contributed by atoms with E-state index in [1.165, 1.54) is 29.7 Å². The lowest BCUT2D eigenvalue weighted by Gasteiger charge is -2.34. The number of nitrogens with one attached hydrogen (secondary N) is 1. The molecule has 1 amide bonds. The fourth-order valence-electron chi connectivity index (χ4n) is 3.73. The van der Waals surface area contributed by atoms with Gasteiger partial charge in [0.15, 0.2) is 0 Å². The smallest absolute Gasteiger partial charge is 0.320 e. The number of anilines is 1. The minimum absolute atomic E-state index is 0.0595. The quantitative estimate of drug-likeness (QED) is 0.441. The Kier molecular flexibility index (Phi) is 8.30. The number of carbonyl (C=O) groups excluding carboxylic acids is 1. The van der Waals surface area contributed by atoms with Crippen molar-refractivity contribution >= 4 is 40.5 Å². The summed E-state index contributed by atoms with van der Waals surface area (Å²) in [5.41, 5.74) is 0.186. The van der Waals surface area contributed by atoms with Crippen LogP contribution in [0.5, 0.6) is 0 Å². The van der Waals surface area contributed by atoms with E-state index in [9.17, 15) is 26.4 Å². The van der Waals surface area contributed by atoms with Crippen LogP contribution in [0.3, 0.4) is 0 Å². The maximum atomic E-state index is 13.9. The number of halogens is 3. The third-order valence-corrected chi connectivity index (χ3v) is 5.99. The molecule has 0 atom stereocenters. The first-order valence-electron chi connectivity index (χ1n) is 10.8. The molecule has 10 nitrogen and oxygen atoms in total. The number of hydrogen-bond donors (Lipinski definition) is 1. The van der Waals surface area contributed by atoms with Crippen LogP contribution in [-0.4, -0.2) is 79.5 Å². The van der Waals surface area contributed by atoms with E-state index in [2.05, 4.69) is 26.5 Å². The van der Waals surface area contributed by atoms with Gasteiger partial charge in [-0.3, -0.25) is 14.6 Å². The molecule has 36 heavy (non-hydrogen) atoms. The summed E-state index contributed by atoms with van der Waals surface area (Å²) >= 11 is 0. The van der Waals surface area contributed by atoms with Gasteiger partial charge in [0.05, 0.1) is 35.6 Å². The van der Waals surface area contributed by atoms with Crippen LogP contribution in [0.15, 0.2) is 46.7 Å². The molecule has 0 spiro atoms. The van der Waals surface area contributed by atoms with E-state index in [-0.39, 0.29) is 30.9 Å². The van der Waals surface area contributed by atoms with Crippen molar-refractivity contribution in [2.24, 2.45) is 9.98 Å². The highest BCUT2D eigenvalue weighted by molar-refractivity contribution is 7.92. The van der Waals surface area contributed by atoms with Crippen molar-refractivity contribution < 1.29 is 26.4 Å². The van der Waals surface area contributed by atoms with Gasteiger partial charge in [0.1, 0.15) is 6.34 Å². The molecule has 0 aliphatic carbocycles. The molecule has 0 saturated carbocycles. The van der Waals surface area contributed by atoms with Gasteiger partial charge in [0.25, 0.3) is 0 Å². The summed E-state index contributed by atoms with van der Waals surface area (Å²) in [5.74, 6) is 0. The fourth-order valence-corrected chi connectivity index (χ4v) is 4.27. The summed E-state index contributed by atoms with van der Waals surface area (Å²) in [5, 5.41) is 3.88. The summed E-state index contributed by atoms with van der Waals surface area (Å²) in [6, 6.07) is 3.64. The zero-order valence-electron chi connectivity index (χ0n) is 19.7. The summed E-state index contributed by atoms with van der Waals surface area (Å²) in [4.78, 5) is 23.5. The van der Waals surface area contributed by atoms with Gasteiger partial charge in [-0.25, -0.2) is 18.2 Å². The number of hydrogen-bond acceptors (Lipinski definition) is 6. The minimum atomic E-state index is -4.56. The van der Waals surface area contributed by atoms with Gasteiger partial charge in [-0.15, -0.1) is 0 Å². The van der Waals surface area contributed by atoms with Crippen molar-refractivity contribution in [1.29, 1.82) is 0 Å². The van der Waals surface area contributed by atoms with E-state index < -0.39 is 27.8 Å². The number of carbonyl (C=O) groups is 1. The lowest BCUT2D eigenvalue weighted by molar-refractivity contribution is -0.138. The molecule has 194 valence electrons. The Morgan fingerprint density at radius 1 is 1.25 bits per heavy atom. The molecule has 1 saturated heterocycles. The number of aliphatic imine (C=N–C) groups is 2. The van der Waals surface area contributed by atoms with Gasteiger partial charge in [0, 0.05) is 38.3 Å². The van der Waals surface area contributed by atoms with Crippen LogP contribution < -0.4 is 4.72 Å². The van der Waals surface area contributed by atoms with Crippen molar-refractivity contribution in [2.75, 3.05) is 37.2 Å². The Labute approximate surface area is 206 Å².